The van der Waals surface area contributed by atoms with Crippen molar-refractivity contribution in [1.82, 2.24) is 15.1 Å². The molecule has 3 nitrogen and oxygen atoms in total. The third kappa shape index (κ3) is 2.38. The van der Waals surface area contributed by atoms with Gasteiger partial charge in [0.1, 0.15) is 0 Å². The van der Waals surface area contributed by atoms with Crippen LogP contribution in [0.3, 0.4) is 0 Å². The van der Waals surface area contributed by atoms with Crippen molar-refractivity contribution in [2.45, 2.75) is 6.54 Å². The maximum atomic E-state index is 6.08. The van der Waals surface area contributed by atoms with Crippen molar-refractivity contribution in [3.05, 3.63) is 46.2 Å². The summed E-state index contributed by atoms with van der Waals surface area (Å²) in [7, 11) is 1.89. The molecule has 84 valence electrons. The van der Waals surface area contributed by atoms with Gasteiger partial charge in [0, 0.05) is 23.3 Å². The van der Waals surface area contributed by atoms with E-state index in [2.05, 4.69) is 10.4 Å². The van der Waals surface area contributed by atoms with Gasteiger partial charge in [-0.3, -0.25) is 0 Å². The topological polar surface area (TPSA) is 29.9 Å². The van der Waals surface area contributed by atoms with Gasteiger partial charge in [-0.05, 0) is 25.2 Å². The van der Waals surface area contributed by atoms with Gasteiger partial charge in [-0.2, -0.15) is 5.10 Å². The Morgan fingerprint density at radius 1 is 1.38 bits per heavy atom. The first-order chi connectivity index (χ1) is 7.70. The second-order valence-corrected chi connectivity index (χ2v) is 4.26. The lowest BCUT2D eigenvalue weighted by molar-refractivity contribution is 0.816. The number of benzene rings is 1. The molecule has 0 aliphatic heterocycles. The summed E-state index contributed by atoms with van der Waals surface area (Å²) in [6.07, 6.45) is 3.72. The molecule has 0 fully saturated rings. The van der Waals surface area contributed by atoms with Gasteiger partial charge < -0.3 is 5.32 Å². The van der Waals surface area contributed by atoms with Gasteiger partial charge in [0.05, 0.1) is 16.9 Å². The molecule has 1 heterocycles. The Bertz CT molecular complexity index is 494. The third-order valence-electron chi connectivity index (χ3n) is 2.17. The highest BCUT2D eigenvalue weighted by Crippen LogP contribution is 2.23. The fourth-order valence-corrected chi connectivity index (χ4v) is 1.82. The van der Waals surface area contributed by atoms with Crippen LogP contribution in [0.2, 0.25) is 10.0 Å². The number of hydrogen-bond donors (Lipinski definition) is 1. The molecule has 0 aliphatic carbocycles. The molecule has 2 aromatic rings. The Labute approximate surface area is 104 Å². The Morgan fingerprint density at radius 2 is 2.19 bits per heavy atom. The van der Waals surface area contributed by atoms with Crippen molar-refractivity contribution in [2.24, 2.45) is 0 Å². The minimum atomic E-state index is 0.628. The van der Waals surface area contributed by atoms with Gasteiger partial charge in [0.2, 0.25) is 0 Å². The molecule has 0 radical (unpaired) electrons. The SMILES string of the molecule is CNCc1cnn(-c2cc(Cl)ccc2Cl)c1. The molecule has 1 aromatic carbocycles. The maximum absolute atomic E-state index is 6.08. The summed E-state index contributed by atoms with van der Waals surface area (Å²) in [5, 5.41) is 8.57. The Balaban J connectivity index is 2.38. The van der Waals surface area contributed by atoms with E-state index in [0.29, 0.717) is 10.0 Å². The number of aromatic nitrogens is 2. The summed E-state index contributed by atoms with van der Waals surface area (Å²) >= 11 is 12.0. The fourth-order valence-electron chi connectivity index (χ4n) is 1.45. The van der Waals surface area contributed by atoms with Crippen molar-refractivity contribution in [2.75, 3.05) is 7.05 Å². The molecule has 0 amide bonds. The second kappa shape index (κ2) is 4.87. The van der Waals surface area contributed by atoms with E-state index in [1.165, 1.54) is 0 Å². The first-order valence-corrected chi connectivity index (χ1v) is 5.60. The Morgan fingerprint density at radius 3 is 2.94 bits per heavy atom. The highest BCUT2D eigenvalue weighted by Gasteiger charge is 2.05. The summed E-state index contributed by atoms with van der Waals surface area (Å²) in [4.78, 5) is 0. The van der Waals surface area contributed by atoms with Crippen LogP contribution in [0.15, 0.2) is 30.6 Å². The van der Waals surface area contributed by atoms with Gasteiger partial charge >= 0.3 is 0 Å². The summed E-state index contributed by atoms with van der Waals surface area (Å²) < 4.78 is 1.72. The van der Waals surface area contributed by atoms with Gasteiger partial charge in [0.25, 0.3) is 0 Å². The van der Waals surface area contributed by atoms with Crippen molar-refractivity contribution < 1.29 is 0 Å². The highest BCUT2D eigenvalue weighted by molar-refractivity contribution is 6.34. The van der Waals surface area contributed by atoms with Crippen LogP contribution in [0.1, 0.15) is 5.56 Å². The quantitative estimate of drug-likeness (QED) is 0.915. The summed E-state index contributed by atoms with van der Waals surface area (Å²) in [6.45, 7) is 0.776. The van der Waals surface area contributed by atoms with Crippen LogP contribution in [0.4, 0.5) is 0 Å². The van der Waals surface area contributed by atoms with E-state index < -0.39 is 0 Å². The molecule has 5 heteroatoms. The number of nitrogens with zero attached hydrogens (tertiary/aromatic N) is 2. The zero-order chi connectivity index (χ0) is 11.5. The van der Waals surface area contributed by atoms with Gasteiger partial charge in [0.15, 0.2) is 0 Å². The van der Waals surface area contributed by atoms with E-state index in [1.807, 2.05) is 13.2 Å². The molecule has 1 N–H and O–H groups in total. The highest BCUT2D eigenvalue weighted by atomic mass is 35.5. The summed E-state index contributed by atoms with van der Waals surface area (Å²) in [5.41, 5.74) is 1.88. The number of halogens is 2. The molecule has 0 bridgehead atoms. The zero-order valence-electron chi connectivity index (χ0n) is 8.74. The number of nitrogens with one attached hydrogen (secondary N) is 1. The molecule has 0 atom stereocenters. The summed E-state index contributed by atoms with van der Waals surface area (Å²) in [5.74, 6) is 0. The van der Waals surface area contributed by atoms with Crippen LogP contribution >= 0.6 is 23.2 Å². The van der Waals surface area contributed by atoms with Crippen molar-refractivity contribution >= 4 is 23.2 Å². The minimum absolute atomic E-state index is 0.628. The standard InChI is InChI=1S/C11H11Cl2N3/c1-14-5-8-6-15-16(7-8)11-4-9(12)2-3-10(11)13/h2-4,6-7,14H,5H2,1H3. The fraction of sp³-hybridized carbons (Fsp3) is 0.182. The average Bonchev–Trinajstić information content (AvgIpc) is 2.71. The van der Waals surface area contributed by atoms with E-state index in [1.54, 1.807) is 29.1 Å². The predicted molar refractivity (Wildman–Crippen MR) is 66.3 cm³/mol. The first-order valence-electron chi connectivity index (χ1n) is 4.84. The van der Waals surface area contributed by atoms with E-state index >= 15 is 0 Å². The van der Waals surface area contributed by atoms with Gasteiger partial charge in [-0.15, -0.1) is 0 Å². The van der Waals surface area contributed by atoms with Crippen LogP contribution in [0, 0.1) is 0 Å². The van der Waals surface area contributed by atoms with Crippen molar-refractivity contribution in [3.8, 4) is 5.69 Å². The molecule has 0 saturated heterocycles. The minimum Gasteiger partial charge on any atom is -0.316 e. The van der Waals surface area contributed by atoms with E-state index in [9.17, 15) is 0 Å². The zero-order valence-corrected chi connectivity index (χ0v) is 10.3. The largest absolute Gasteiger partial charge is 0.316 e. The molecular formula is C11H11Cl2N3. The van der Waals surface area contributed by atoms with Gasteiger partial charge in [-0.1, -0.05) is 23.2 Å². The van der Waals surface area contributed by atoms with E-state index in [-0.39, 0.29) is 0 Å². The summed E-state index contributed by atoms with van der Waals surface area (Å²) in [6, 6.07) is 5.31. The smallest absolute Gasteiger partial charge is 0.0846 e. The molecule has 0 unspecified atom stereocenters. The Hall–Kier alpha value is -1.03. The number of rotatable bonds is 3. The van der Waals surface area contributed by atoms with Crippen LogP contribution < -0.4 is 5.32 Å². The monoisotopic (exact) mass is 255 g/mol. The molecule has 2 rings (SSSR count). The molecule has 16 heavy (non-hydrogen) atoms. The number of hydrogen-bond acceptors (Lipinski definition) is 2. The van der Waals surface area contributed by atoms with E-state index in [0.717, 1.165) is 17.8 Å². The lowest BCUT2D eigenvalue weighted by atomic mass is 10.3. The lowest BCUT2D eigenvalue weighted by Gasteiger charge is -2.04. The molecule has 0 aliphatic rings. The van der Waals surface area contributed by atoms with E-state index in [4.69, 9.17) is 23.2 Å². The first kappa shape index (κ1) is 11.5. The predicted octanol–water partition coefficient (Wildman–Crippen LogP) is 2.90. The maximum Gasteiger partial charge on any atom is 0.0846 e. The molecular weight excluding hydrogens is 245 g/mol. The van der Waals surface area contributed by atoms with Crippen LogP contribution in [-0.4, -0.2) is 16.8 Å². The molecule has 0 spiro atoms. The molecule has 1 aromatic heterocycles. The molecule has 0 saturated carbocycles. The third-order valence-corrected chi connectivity index (χ3v) is 2.73. The second-order valence-electron chi connectivity index (χ2n) is 3.42. The average molecular weight is 256 g/mol. The lowest BCUT2D eigenvalue weighted by Crippen LogP contribution is -2.03. The van der Waals surface area contributed by atoms with Crippen LogP contribution in [0.5, 0.6) is 0 Å². The van der Waals surface area contributed by atoms with Crippen LogP contribution in [0.25, 0.3) is 5.69 Å². The normalized spacial score (nSPS) is 10.7. The van der Waals surface area contributed by atoms with Gasteiger partial charge in [-0.25, -0.2) is 4.68 Å². The Kier molecular flexibility index (Phi) is 3.49. The van der Waals surface area contributed by atoms with Crippen molar-refractivity contribution in [1.29, 1.82) is 0 Å². The van der Waals surface area contributed by atoms with Crippen LogP contribution in [-0.2, 0) is 6.54 Å². The van der Waals surface area contributed by atoms with Crippen molar-refractivity contribution in [3.63, 3.8) is 0 Å².